The number of nitrogens with two attached hydrogens (primary N) is 2. The van der Waals surface area contributed by atoms with E-state index in [0.29, 0.717) is 0 Å². The molecule has 0 saturated heterocycles. The maximum atomic E-state index is 9.22. The van der Waals surface area contributed by atoms with Crippen LogP contribution < -0.4 is 11.5 Å². The van der Waals surface area contributed by atoms with E-state index in [1.807, 2.05) is 0 Å². The molecule has 6 nitrogen and oxygen atoms in total. The summed E-state index contributed by atoms with van der Waals surface area (Å²) in [5.41, 5.74) is 8.94. The van der Waals surface area contributed by atoms with Crippen LogP contribution >= 0.6 is 0 Å². The number of hydrogen-bond acceptors (Lipinski definition) is 4. The minimum Gasteiger partial charge on any atom is -0.508 e. The fraction of sp³-hybridized carbons (Fsp3) is 0.200. The number of primary amides is 2. The van der Waals surface area contributed by atoms with E-state index < -0.39 is 0 Å². The van der Waals surface area contributed by atoms with Crippen LogP contribution in [0.4, 0.5) is 0 Å². The van der Waals surface area contributed by atoms with Gasteiger partial charge in [-0.3, -0.25) is 9.59 Å². The van der Waals surface area contributed by atoms with Crippen LogP contribution in [0.15, 0.2) is 24.3 Å². The van der Waals surface area contributed by atoms with E-state index in [1.165, 1.54) is 32.0 Å². The van der Waals surface area contributed by atoms with Crippen LogP contribution in [-0.4, -0.2) is 22.0 Å². The molecular formula is C10H16N2O4. The van der Waals surface area contributed by atoms with E-state index in [9.17, 15) is 9.59 Å². The van der Waals surface area contributed by atoms with Crippen molar-refractivity contribution < 1.29 is 19.8 Å². The quantitative estimate of drug-likeness (QED) is 0.501. The number of hydrogen-bond donors (Lipinski definition) is 4. The topological polar surface area (TPSA) is 127 Å². The summed E-state index contributed by atoms with van der Waals surface area (Å²) in [6, 6.07) is 5.85. The summed E-state index contributed by atoms with van der Waals surface area (Å²) in [6.07, 6.45) is 0. The highest BCUT2D eigenvalue weighted by atomic mass is 16.3. The Balaban J connectivity index is 0. The smallest absolute Gasteiger partial charge is 0.214 e. The van der Waals surface area contributed by atoms with Gasteiger partial charge in [0.2, 0.25) is 11.8 Å². The van der Waals surface area contributed by atoms with E-state index in [0.717, 1.165) is 0 Å². The van der Waals surface area contributed by atoms with Crippen molar-refractivity contribution in [3.8, 4) is 11.5 Å². The van der Waals surface area contributed by atoms with Crippen LogP contribution in [0.1, 0.15) is 13.8 Å². The molecule has 0 bridgehead atoms. The zero-order valence-electron chi connectivity index (χ0n) is 9.18. The van der Waals surface area contributed by atoms with Gasteiger partial charge in [0.25, 0.3) is 0 Å². The molecule has 6 heteroatoms. The molecule has 0 radical (unpaired) electrons. The van der Waals surface area contributed by atoms with Gasteiger partial charge in [0.15, 0.2) is 0 Å². The summed E-state index contributed by atoms with van der Waals surface area (Å²) in [7, 11) is 0. The lowest BCUT2D eigenvalue weighted by molar-refractivity contribution is -0.116. The van der Waals surface area contributed by atoms with Crippen LogP contribution in [-0.2, 0) is 9.59 Å². The van der Waals surface area contributed by atoms with Crippen molar-refractivity contribution in [3.05, 3.63) is 24.3 Å². The van der Waals surface area contributed by atoms with Gasteiger partial charge in [-0.25, -0.2) is 0 Å². The Morgan fingerprint density at radius 3 is 1.38 bits per heavy atom. The number of rotatable bonds is 0. The first-order valence-electron chi connectivity index (χ1n) is 4.25. The molecule has 2 amide bonds. The molecule has 0 atom stereocenters. The Kier molecular flexibility index (Phi) is 9.44. The summed E-state index contributed by atoms with van der Waals surface area (Å²) in [6.45, 7) is 2.61. The van der Waals surface area contributed by atoms with Gasteiger partial charge < -0.3 is 21.7 Å². The molecule has 0 aliphatic carbocycles. The molecule has 1 aromatic rings. The van der Waals surface area contributed by atoms with Gasteiger partial charge in [-0.2, -0.15) is 0 Å². The summed E-state index contributed by atoms with van der Waals surface area (Å²) >= 11 is 0. The number of phenols is 2. The van der Waals surface area contributed by atoms with E-state index in [4.69, 9.17) is 10.2 Å². The molecule has 0 fully saturated rings. The average Bonchev–Trinajstić information content (AvgIpc) is 2.00. The summed E-state index contributed by atoms with van der Waals surface area (Å²) < 4.78 is 0. The number of aromatic hydroxyl groups is 2. The van der Waals surface area contributed by atoms with Crippen molar-refractivity contribution in [2.24, 2.45) is 11.5 Å². The standard InChI is InChI=1S/C6H6O2.2C2H5NO/c7-5-2-1-3-6(8)4-5;2*1-2(3)4/h1-4,7-8H;2*1H3,(H2,3,4). The van der Waals surface area contributed by atoms with E-state index in [1.54, 1.807) is 6.07 Å². The van der Waals surface area contributed by atoms with Crippen LogP contribution in [0.2, 0.25) is 0 Å². The molecule has 90 valence electrons. The zero-order chi connectivity index (χ0) is 13.1. The van der Waals surface area contributed by atoms with Crippen molar-refractivity contribution in [3.63, 3.8) is 0 Å². The van der Waals surface area contributed by atoms with Gasteiger partial charge in [0.1, 0.15) is 11.5 Å². The summed E-state index contributed by atoms with van der Waals surface area (Å²) in [4.78, 5) is 18.4. The minimum absolute atomic E-state index is 0.0880. The first kappa shape index (κ1) is 16.2. The molecule has 0 aromatic heterocycles. The fourth-order valence-corrected chi connectivity index (χ4v) is 0.493. The monoisotopic (exact) mass is 228 g/mol. The van der Waals surface area contributed by atoms with Gasteiger partial charge in [0, 0.05) is 19.9 Å². The maximum Gasteiger partial charge on any atom is 0.214 e. The van der Waals surface area contributed by atoms with Gasteiger partial charge in [-0.05, 0) is 12.1 Å². The Bertz CT molecular complexity index is 302. The van der Waals surface area contributed by atoms with Crippen LogP contribution in [0.5, 0.6) is 11.5 Å². The second kappa shape index (κ2) is 9.32. The number of amides is 2. The number of carbonyl (C=O) groups is 2. The molecular weight excluding hydrogens is 212 g/mol. The van der Waals surface area contributed by atoms with Crippen molar-refractivity contribution in [1.29, 1.82) is 0 Å². The van der Waals surface area contributed by atoms with E-state index in [-0.39, 0.29) is 23.3 Å². The van der Waals surface area contributed by atoms with Crippen LogP contribution in [0.3, 0.4) is 0 Å². The van der Waals surface area contributed by atoms with Crippen molar-refractivity contribution >= 4 is 11.8 Å². The lowest BCUT2D eigenvalue weighted by atomic mass is 10.3. The molecule has 0 spiro atoms. The second-order valence-electron chi connectivity index (χ2n) is 2.74. The van der Waals surface area contributed by atoms with Crippen LogP contribution in [0, 0.1) is 0 Å². The fourth-order valence-electron chi connectivity index (χ4n) is 0.493. The lowest BCUT2D eigenvalue weighted by Crippen LogP contribution is -2.01. The molecule has 16 heavy (non-hydrogen) atoms. The van der Waals surface area contributed by atoms with Gasteiger partial charge in [-0.15, -0.1) is 0 Å². The number of carbonyl (C=O) groups excluding carboxylic acids is 2. The number of phenolic OH excluding ortho intramolecular Hbond substituents is 2. The molecule has 0 aliphatic rings. The molecule has 1 rings (SSSR count). The summed E-state index contributed by atoms with van der Waals surface area (Å²) in [5, 5.41) is 17.3. The first-order chi connectivity index (χ1) is 7.25. The van der Waals surface area contributed by atoms with E-state index in [2.05, 4.69) is 11.5 Å². The maximum absolute atomic E-state index is 9.22. The minimum atomic E-state index is -0.333. The summed E-state index contributed by atoms with van der Waals surface area (Å²) in [5.74, 6) is -0.491. The van der Waals surface area contributed by atoms with Crippen molar-refractivity contribution in [2.45, 2.75) is 13.8 Å². The molecule has 0 unspecified atom stereocenters. The second-order valence-corrected chi connectivity index (χ2v) is 2.74. The highest BCUT2D eigenvalue weighted by molar-refractivity contribution is 5.70. The largest absolute Gasteiger partial charge is 0.508 e. The highest BCUT2D eigenvalue weighted by Crippen LogP contribution is 2.14. The molecule has 1 aromatic carbocycles. The molecule has 0 aliphatic heterocycles. The Morgan fingerprint density at radius 2 is 1.25 bits per heavy atom. The first-order valence-corrected chi connectivity index (χ1v) is 4.25. The average molecular weight is 228 g/mol. The number of benzene rings is 1. The highest BCUT2D eigenvalue weighted by Gasteiger charge is 1.85. The van der Waals surface area contributed by atoms with Crippen LogP contribution in [0.25, 0.3) is 0 Å². The Morgan fingerprint density at radius 1 is 1.00 bits per heavy atom. The van der Waals surface area contributed by atoms with Gasteiger partial charge in [0.05, 0.1) is 0 Å². The Labute approximate surface area is 93.5 Å². The van der Waals surface area contributed by atoms with Crippen molar-refractivity contribution in [2.75, 3.05) is 0 Å². The molecule has 6 N–H and O–H groups in total. The predicted molar refractivity (Wildman–Crippen MR) is 59.5 cm³/mol. The predicted octanol–water partition coefficient (Wildman–Crippen LogP) is 0.0810. The third-order valence-electron chi connectivity index (χ3n) is 0.830. The van der Waals surface area contributed by atoms with E-state index >= 15 is 0 Å². The Hall–Kier alpha value is -2.24. The molecule has 0 saturated carbocycles. The lowest BCUT2D eigenvalue weighted by Gasteiger charge is -1.89. The van der Waals surface area contributed by atoms with Crippen molar-refractivity contribution in [1.82, 2.24) is 0 Å². The SMILES string of the molecule is CC(N)=O.CC(N)=O.Oc1cccc(O)c1. The molecule has 0 heterocycles. The zero-order valence-corrected chi connectivity index (χ0v) is 9.18. The normalized spacial score (nSPS) is 7.62. The van der Waals surface area contributed by atoms with Gasteiger partial charge >= 0.3 is 0 Å². The van der Waals surface area contributed by atoms with Gasteiger partial charge in [-0.1, -0.05) is 6.07 Å². The third kappa shape index (κ3) is 22.6. The third-order valence-corrected chi connectivity index (χ3v) is 0.830.